The number of carbonyl (C=O) groups is 2. The standard InChI is InChI=1S/C30H23ClF7N5O5/c1-28(26(39)45)11-47-24-16(28)8-19(41-23(24)15-4-5-17(32)20(31)21(15)33)29(46,30(36,37)38)10-40-25(44)12-6-13-9-43(27(34)35)42-22(13)18(7-12)48-14-2-3-14/h4-9,14,27,46H,2-3,10-11H2,1H3,(H2,39,45)(H,40,44)/t28-,29?/m0/s1. The van der Waals surface area contributed by atoms with Crippen LogP contribution in [0.4, 0.5) is 30.7 Å². The molecule has 6 rings (SSSR count). The van der Waals surface area contributed by atoms with Gasteiger partial charge in [0.25, 0.3) is 5.91 Å². The summed E-state index contributed by atoms with van der Waals surface area (Å²) in [5.41, 5.74) is -3.34. The predicted molar refractivity (Wildman–Crippen MR) is 154 cm³/mol. The second kappa shape index (κ2) is 11.5. The topological polar surface area (TPSA) is 142 Å². The largest absolute Gasteiger partial charge is 0.489 e. The van der Waals surface area contributed by atoms with Crippen molar-refractivity contribution in [2.75, 3.05) is 13.2 Å². The minimum Gasteiger partial charge on any atom is -0.489 e. The maximum absolute atomic E-state index is 15.2. The lowest BCUT2D eigenvalue weighted by Gasteiger charge is -2.31. The molecular weight excluding hydrogens is 679 g/mol. The molecule has 3 heterocycles. The summed E-state index contributed by atoms with van der Waals surface area (Å²) < 4.78 is 112. The zero-order valence-electron chi connectivity index (χ0n) is 24.5. The van der Waals surface area contributed by atoms with Gasteiger partial charge in [0.15, 0.2) is 5.82 Å². The normalized spacial score (nSPS) is 18.8. The Kier molecular flexibility index (Phi) is 7.97. The van der Waals surface area contributed by atoms with E-state index in [9.17, 15) is 41.0 Å². The van der Waals surface area contributed by atoms with Crippen LogP contribution in [0.2, 0.25) is 5.02 Å². The van der Waals surface area contributed by atoms with E-state index in [1.807, 2.05) is 5.32 Å². The number of nitrogens with one attached hydrogen (secondary N) is 1. The molecule has 254 valence electrons. The molecule has 1 aliphatic carbocycles. The van der Waals surface area contributed by atoms with Crippen LogP contribution >= 0.6 is 11.6 Å². The second-order valence-corrected chi connectivity index (χ2v) is 12.0. The number of fused-ring (bicyclic) bond motifs is 2. The smallest absolute Gasteiger partial charge is 0.424 e. The molecule has 10 nitrogen and oxygen atoms in total. The van der Waals surface area contributed by atoms with Gasteiger partial charge >= 0.3 is 12.7 Å². The summed E-state index contributed by atoms with van der Waals surface area (Å²) in [6.07, 6.45) is -3.61. The number of hydrogen-bond acceptors (Lipinski definition) is 7. The van der Waals surface area contributed by atoms with E-state index in [2.05, 4.69) is 10.1 Å². The van der Waals surface area contributed by atoms with Crippen molar-refractivity contribution in [3.63, 3.8) is 0 Å². The van der Waals surface area contributed by atoms with E-state index in [-0.39, 0.29) is 39.6 Å². The fourth-order valence-corrected chi connectivity index (χ4v) is 5.31. The second-order valence-electron chi connectivity index (χ2n) is 11.6. The summed E-state index contributed by atoms with van der Waals surface area (Å²) in [6.45, 7) is -3.86. The Hall–Kier alpha value is -4.64. The first kappa shape index (κ1) is 33.3. The molecule has 2 atom stereocenters. The van der Waals surface area contributed by atoms with Crippen LogP contribution < -0.4 is 20.5 Å². The number of halogens is 8. The van der Waals surface area contributed by atoms with Gasteiger partial charge in [0.1, 0.15) is 45.6 Å². The van der Waals surface area contributed by atoms with Gasteiger partial charge in [-0.25, -0.2) is 18.4 Å². The Labute approximate surface area is 270 Å². The van der Waals surface area contributed by atoms with E-state index in [1.54, 1.807) is 0 Å². The number of amides is 2. The van der Waals surface area contributed by atoms with Gasteiger partial charge < -0.3 is 25.6 Å². The van der Waals surface area contributed by atoms with Crippen LogP contribution in [0.1, 0.15) is 47.9 Å². The van der Waals surface area contributed by atoms with Crippen molar-refractivity contribution in [3.8, 4) is 22.8 Å². The van der Waals surface area contributed by atoms with Crippen LogP contribution in [0.3, 0.4) is 0 Å². The molecule has 2 aromatic carbocycles. The van der Waals surface area contributed by atoms with Gasteiger partial charge in [-0.05, 0) is 50.1 Å². The van der Waals surface area contributed by atoms with Crippen molar-refractivity contribution in [2.24, 2.45) is 5.73 Å². The van der Waals surface area contributed by atoms with Crippen LogP contribution in [0.15, 0.2) is 36.5 Å². The first-order valence-electron chi connectivity index (χ1n) is 14.1. The number of nitrogens with two attached hydrogens (primary N) is 1. The van der Waals surface area contributed by atoms with Crippen LogP contribution in [-0.4, -0.2) is 57.1 Å². The lowest BCUT2D eigenvalue weighted by Crippen LogP contribution is -2.51. The Morgan fingerprint density at radius 1 is 1.23 bits per heavy atom. The highest BCUT2D eigenvalue weighted by atomic mass is 35.5. The number of ether oxygens (including phenoxy) is 2. The van der Waals surface area contributed by atoms with E-state index in [0.29, 0.717) is 23.6 Å². The van der Waals surface area contributed by atoms with Crippen LogP contribution in [0.25, 0.3) is 22.2 Å². The lowest BCUT2D eigenvalue weighted by atomic mass is 9.81. The molecule has 2 aliphatic rings. The third kappa shape index (κ3) is 5.53. The van der Waals surface area contributed by atoms with E-state index < -0.39 is 82.3 Å². The Balaban J connectivity index is 1.43. The van der Waals surface area contributed by atoms with Gasteiger partial charge in [-0.1, -0.05) is 11.6 Å². The molecule has 2 amide bonds. The predicted octanol–water partition coefficient (Wildman–Crippen LogP) is 5.28. The zero-order chi connectivity index (χ0) is 34.9. The number of primary amides is 1. The summed E-state index contributed by atoms with van der Waals surface area (Å²) in [4.78, 5) is 29.5. The van der Waals surface area contributed by atoms with Gasteiger partial charge in [0, 0.05) is 28.3 Å². The fraction of sp³-hybridized carbons (Fsp3) is 0.333. The molecular formula is C30H23ClF7N5O5. The summed E-state index contributed by atoms with van der Waals surface area (Å²) in [7, 11) is 0. The highest BCUT2D eigenvalue weighted by Crippen LogP contribution is 2.48. The van der Waals surface area contributed by atoms with Gasteiger partial charge in [-0.3, -0.25) is 9.59 Å². The summed E-state index contributed by atoms with van der Waals surface area (Å²) in [6, 6.07) is 4.47. The Bertz CT molecular complexity index is 1990. The molecule has 48 heavy (non-hydrogen) atoms. The summed E-state index contributed by atoms with van der Waals surface area (Å²) in [5, 5.41) is 16.0. The Morgan fingerprint density at radius 2 is 1.94 bits per heavy atom. The highest BCUT2D eigenvalue weighted by molar-refractivity contribution is 6.31. The fourth-order valence-electron chi connectivity index (χ4n) is 5.14. The van der Waals surface area contributed by atoms with Crippen molar-refractivity contribution in [2.45, 2.75) is 49.6 Å². The van der Waals surface area contributed by atoms with Gasteiger partial charge in [-0.2, -0.15) is 27.1 Å². The van der Waals surface area contributed by atoms with Crippen molar-refractivity contribution in [1.82, 2.24) is 20.1 Å². The van der Waals surface area contributed by atoms with Crippen molar-refractivity contribution < 1.29 is 54.9 Å². The molecule has 0 spiro atoms. The monoisotopic (exact) mass is 701 g/mol. The minimum absolute atomic E-state index is 0.00624. The van der Waals surface area contributed by atoms with Crippen LogP contribution in [0, 0.1) is 11.6 Å². The number of rotatable bonds is 9. The third-order valence-corrected chi connectivity index (χ3v) is 8.52. The van der Waals surface area contributed by atoms with Gasteiger partial charge in [0.2, 0.25) is 11.5 Å². The van der Waals surface area contributed by atoms with Crippen molar-refractivity contribution >= 4 is 34.3 Å². The molecule has 1 fully saturated rings. The molecule has 1 aliphatic heterocycles. The number of carbonyl (C=O) groups excluding carboxylic acids is 2. The maximum Gasteiger partial charge on any atom is 0.424 e. The molecule has 2 aromatic heterocycles. The first-order valence-corrected chi connectivity index (χ1v) is 14.5. The molecule has 4 N–H and O–H groups in total. The average molecular weight is 702 g/mol. The van der Waals surface area contributed by atoms with E-state index in [4.69, 9.17) is 26.8 Å². The Morgan fingerprint density at radius 3 is 2.56 bits per heavy atom. The summed E-state index contributed by atoms with van der Waals surface area (Å²) in [5.74, 6) is -5.24. The van der Waals surface area contributed by atoms with E-state index >= 15 is 4.39 Å². The average Bonchev–Trinajstić information content (AvgIpc) is 3.61. The molecule has 1 unspecified atom stereocenters. The van der Waals surface area contributed by atoms with E-state index in [0.717, 1.165) is 30.5 Å². The molecule has 0 bridgehead atoms. The van der Waals surface area contributed by atoms with Crippen LogP contribution in [0.5, 0.6) is 11.5 Å². The van der Waals surface area contributed by atoms with Gasteiger partial charge in [-0.15, -0.1) is 0 Å². The van der Waals surface area contributed by atoms with Gasteiger partial charge in [0.05, 0.1) is 18.3 Å². The van der Waals surface area contributed by atoms with E-state index in [1.165, 1.54) is 6.92 Å². The molecule has 18 heteroatoms. The SMILES string of the molecule is C[C@]1(C(N)=O)COc2c1cc(C(O)(CNC(=O)c1cc(OC3CC3)c3nn(C(F)F)cc3c1)C(F)(F)F)nc2-c1ccc(F)c(Cl)c1F. The first-order chi connectivity index (χ1) is 22.4. The van der Waals surface area contributed by atoms with Crippen molar-refractivity contribution in [1.29, 1.82) is 0 Å². The minimum atomic E-state index is -5.57. The third-order valence-electron chi connectivity index (χ3n) is 8.18. The molecule has 1 saturated carbocycles. The number of benzene rings is 2. The molecule has 0 saturated heterocycles. The highest BCUT2D eigenvalue weighted by Gasteiger charge is 2.58. The summed E-state index contributed by atoms with van der Waals surface area (Å²) >= 11 is 5.71. The molecule has 0 radical (unpaired) electrons. The number of aromatic nitrogens is 3. The van der Waals surface area contributed by atoms with Crippen molar-refractivity contribution in [3.05, 3.63) is 70.0 Å². The zero-order valence-corrected chi connectivity index (χ0v) is 25.2. The number of alkyl halides is 5. The van der Waals surface area contributed by atoms with Crippen LogP contribution in [-0.2, 0) is 15.8 Å². The quantitative estimate of drug-likeness (QED) is 0.159. The lowest BCUT2D eigenvalue weighted by molar-refractivity contribution is -0.265. The number of pyridine rings is 1. The molecule has 4 aromatic rings. The maximum atomic E-state index is 15.2. The number of aliphatic hydroxyl groups is 1. The number of nitrogens with zero attached hydrogens (tertiary/aromatic N) is 3. The number of hydrogen-bond donors (Lipinski definition) is 3.